The molecule has 0 aliphatic rings. The van der Waals surface area contributed by atoms with Crippen LogP contribution in [-0.4, -0.2) is 25.9 Å². The smallest absolute Gasteiger partial charge is 0.274 e. The van der Waals surface area contributed by atoms with E-state index in [4.69, 9.17) is 0 Å². The molecule has 3 rings (SSSR count). The molecule has 3 aromatic rings. The summed E-state index contributed by atoms with van der Waals surface area (Å²) in [4.78, 5) is 16.3. The molecule has 1 aromatic carbocycles. The van der Waals surface area contributed by atoms with Crippen molar-refractivity contribution in [3.05, 3.63) is 77.7 Å². The van der Waals surface area contributed by atoms with Gasteiger partial charge >= 0.3 is 0 Å². The topological polar surface area (TPSA) is 79.4 Å². The number of sulfonamides is 1. The van der Waals surface area contributed by atoms with Crippen LogP contribution in [0.5, 0.6) is 0 Å². The lowest BCUT2D eigenvalue weighted by molar-refractivity contribution is -0.119. The van der Waals surface area contributed by atoms with Gasteiger partial charge in [0, 0.05) is 18.9 Å². The maximum Gasteiger partial charge on any atom is 0.274 e. The summed E-state index contributed by atoms with van der Waals surface area (Å²) in [7, 11) is -4.07. The fraction of sp³-hybridized carbons (Fsp3) is 0.111. The molecule has 0 aliphatic carbocycles. The fourth-order valence-corrected chi connectivity index (χ4v) is 4.90. The minimum atomic E-state index is -4.07. The molecule has 0 saturated heterocycles. The Kier molecular flexibility index (Phi) is 5.82. The average Bonchev–Trinajstić information content (AvgIpc) is 3.22. The second kappa shape index (κ2) is 8.28. The summed E-state index contributed by atoms with van der Waals surface area (Å²) in [5.41, 5.74) is 0.590. The number of amides is 1. The van der Waals surface area contributed by atoms with Gasteiger partial charge in [-0.2, -0.15) is 0 Å². The second-order valence-corrected chi connectivity index (χ2v) is 8.57. The van der Waals surface area contributed by atoms with Gasteiger partial charge in [-0.15, -0.1) is 11.3 Å². The van der Waals surface area contributed by atoms with E-state index in [0.717, 1.165) is 27.3 Å². The average molecular weight is 405 g/mol. The van der Waals surface area contributed by atoms with Crippen LogP contribution < -0.4 is 9.62 Å². The number of rotatable bonds is 7. The van der Waals surface area contributed by atoms with Crippen molar-refractivity contribution in [2.75, 3.05) is 10.8 Å². The lowest BCUT2D eigenvalue weighted by Crippen LogP contribution is -2.40. The number of carbonyl (C=O) groups excluding carboxylic acids is 1. The molecule has 1 N–H and O–H groups in total. The molecule has 2 aromatic heterocycles. The minimum Gasteiger partial charge on any atom is -0.350 e. The Balaban J connectivity index is 1.84. The first kappa shape index (κ1) is 19.0. The highest BCUT2D eigenvalue weighted by atomic mass is 32.2. The highest BCUT2D eigenvalue weighted by Crippen LogP contribution is 2.28. The van der Waals surface area contributed by atoms with E-state index in [1.807, 2.05) is 0 Å². The van der Waals surface area contributed by atoms with Gasteiger partial charge < -0.3 is 5.32 Å². The van der Waals surface area contributed by atoms with Crippen molar-refractivity contribution >= 4 is 33.0 Å². The Morgan fingerprint density at radius 2 is 1.96 bits per heavy atom. The summed E-state index contributed by atoms with van der Waals surface area (Å²) in [6.07, 6.45) is 3.20. The number of para-hydroxylation sites is 1. The highest BCUT2D eigenvalue weighted by molar-refractivity contribution is 7.94. The van der Waals surface area contributed by atoms with Gasteiger partial charge in [0.1, 0.15) is 16.6 Å². The van der Waals surface area contributed by atoms with Gasteiger partial charge in [0.2, 0.25) is 5.91 Å². The van der Waals surface area contributed by atoms with Crippen LogP contribution in [0.2, 0.25) is 0 Å². The van der Waals surface area contributed by atoms with Gasteiger partial charge in [-0.25, -0.2) is 12.8 Å². The van der Waals surface area contributed by atoms with Crippen LogP contribution in [0.1, 0.15) is 5.56 Å². The van der Waals surface area contributed by atoms with Crippen molar-refractivity contribution in [3.8, 4) is 0 Å². The third kappa shape index (κ3) is 4.50. The molecular weight excluding hydrogens is 389 g/mol. The Hall–Kier alpha value is -2.78. The van der Waals surface area contributed by atoms with Gasteiger partial charge in [0.15, 0.2) is 0 Å². The maximum atomic E-state index is 14.3. The van der Waals surface area contributed by atoms with E-state index in [0.29, 0.717) is 0 Å². The first-order valence-electron chi connectivity index (χ1n) is 7.95. The molecule has 0 atom stereocenters. The minimum absolute atomic E-state index is 0.0332. The highest BCUT2D eigenvalue weighted by Gasteiger charge is 2.29. The van der Waals surface area contributed by atoms with Crippen molar-refractivity contribution < 1.29 is 17.6 Å². The Labute approximate surface area is 160 Å². The summed E-state index contributed by atoms with van der Waals surface area (Å²) >= 11 is 1.00. The largest absolute Gasteiger partial charge is 0.350 e. The number of nitrogens with one attached hydrogen (secondary N) is 1. The number of benzene rings is 1. The second-order valence-electron chi connectivity index (χ2n) is 5.53. The molecular formula is C18H16FN3O3S2. The third-order valence-electron chi connectivity index (χ3n) is 3.66. The monoisotopic (exact) mass is 405 g/mol. The standard InChI is InChI=1S/C18H16FN3O3S2/c19-15-6-1-2-7-16(15)22(27(24,25)18-8-4-10-26-18)13-17(23)21-12-14-5-3-9-20-11-14/h1-11H,12-13H2,(H,21,23). The predicted molar refractivity (Wildman–Crippen MR) is 101 cm³/mol. The third-order valence-corrected chi connectivity index (χ3v) is 6.79. The molecule has 0 unspecified atom stereocenters. The van der Waals surface area contributed by atoms with E-state index in [1.165, 1.54) is 24.3 Å². The first-order valence-corrected chi connectivity index (χ1v) is 10.3. The van der Waals surface area contributed by atoms with Gasteiger partial charge in [0.25, 0.3) is 10.0 Å². The van der Waals surface area contributed by atoms with E-state index < -0.39 is 28.3 Å². The lowest BCUT2D eigenvalue weighted by Gasteiger charge is -2.23. The molecule has 0 aliphatic heterocycles. The van der Waals surface area contributed by atoms with Crippen molar-refractivity contribution in [3.63, 3.8) is 0 Å². The summed E-state index contributed by atoms with van der Waals surface area (Å²) in [6, 6.07) is 12.0. The van der Waals surface area contributed by atoms with E-state index in [-0.39, 0.29) is 16.4 Å². The summed E-state index contributed by atoms with van der Waals surface area (Å²) in [5.74, 6) is -1.28. The van der Waals surface area contributed by atoms with Gasteiger partial charge in [0.05, 0.1) is 5.69 Å². The molecule has 140 valence electrons. The van der Waals surface area contributed by atoms with Crippen LogP contribution in [0, 0.1) is 5.82 Å². The van der Waals surface area contributed by atoms with E-state index in [2.05, 4.69) is 10.3 Å². The quantitative estimate of drug-likeness (QED) is 0.656. The maximum absolute atomic E-state index is 14.3. The predicted octanol–water partition coefficient (Wildman–Crippen LogP) is 2.79. The van der Waals surface area contributed by atoms with Crippen molar-refractivity contribution in [2.45, 2.75) is 10.8 Å². The van der Waals surface area contributed by atoms with Crippen LogP contribution >= 0.6 is 11.3 Å². The first-order chi connectivity index (χ1) is 13.0. The molecule has 2 heterocycles. The molecule has 9 heteroatoms. The van der Waals surface area contributed by atoms with E-state index >= 15 is 0 Å². The molecule has 0 bridgehead atoms. The Bertz CT molecular complexity index is 1010. The number of nitrogens with zero attached hydrogens (tertiary/aromatic N) is 2. The number of pyridine rings is 1. The van der Waals surface area contributed by atoms with Crippen molar-refractivity contribution in [1.29, 1.82) is 0 Å². The molecule has 0 spiro atoms. The SMILES string of the molecule is O=C(CN(c1ccccc1F)S(=O)(=O)c1cccs1)NCc1cccnc1. The van der Waals surface area contributed by atoms with Crippen LogP contribution in [0.25, 0.3) is 0 Å². The van der Waals surface area contributed by atoms with Crippen molar-refractivity contribution in [1.82, 2.24) is 10.3 Å². The molecule has 0 radical (unpaired) electrons. The number of thiophene rings is 1. The Morgan fingerprint density at radius 1 is 1.15 bits per heavy atom. The fourth-order valence-electron chi connectivity index (χ4n) is 2.36. The van der Waals surface area contributed by atoms with E-state index in [1.54, 1.807) is 36.0 Å². The molecule has 1 amide bonds. The number of anilines is 1. The zero-order valence-corrected chi connectivity index (χ0v) is 15.7. The van der Waals surface area contributed by atoms with Crippen LogP contribution in [-0.2, 0) is 21.4 Å². The summed E-state index contributed by atoms with van der Waals surface area (Å²) in [6.45, 7) is -0.349. The number of hydrogen-bond acceptors (Lipinski definition) is 5. The van der Waals surface area contributed by atoms with Gasteiger partial charge in [-0.3, -0.25) is 14.1 Å². The van der Waals surface area contributed by atoms with E-state index in [9.17, 15) is 17.6 Å². The summed E-state index contributed by atoms with van der Waals surface area (Å²) in [5, 5.41) is 4.24. The molecule has 6 nitrogen and oxygen atoms in total. The Morgan fingerprint density at radius 3 is 2.63 bits per heavy atom. The number of hydrogen-bond donors (Lipinski definition) is 1. The normalized spacial score (nSPS) is 11.1. The van der Waals surface area contributed by atoms with Crippen molar-refractivity contribution in [2.24, 2.45) is 0 Å². The lowest BCUT2D eigenvalue weighted by atomic mass is 10.3. The molecule has 27 heavy (non-hydrogen) atoms. The zero-order valence-electron chi connectivity index (χ0n) is 14.1. The number of halogens is 1. The number of carbonyl (C=O) groups is 1. The molecule has 0 fully saturated rings. The van der Waals surface area contributed by atoms with Gasteiger partial charge in [-0.05, 0) is 35.2 Å². The van der Waals surface area contributed by atoms with Crippen LogP contribution in [0.3, 0.4) is 0 Å². The zero-order chi connectivity index (χ0) is 19.3. The van der Waals surface area contributed by atoms with Crippen LogP contribution in [0.4, 0.5) is 10.1 Å². The van der Waals surface area contributed by atoms with Gasteiger partial charge in [-0.1, -0.05) is 24.3 Å². The summed E-state index contributed by atoms with van der Waals surface area (Å²) < 4.78 is 41.0. The molecule has 0 saturated carbocycles. The number of aromatic nitrogens is 1. The van der Waals surface area contributed by atoms with Crippen LogP contribution in [0.15, 0.2) is 70.5 Å².